The van der Waals surface area contributed by atoms with Crippen molar-refractivity contribution in [2.45, 2.75) is 44.3 Å². The predicted molar refractivity (Wildman–Crippen MR) is 87.8 cm³/mol. The topological polar surface area (TPSA) is 73.9 Å². The fraction of sp³-hybridized carbons (Fsp3) is 0.556. The fourth-order valence-electron chi connectivity index (χ4n) is 3.74. The standard InChI is InChI=1S/C18H23NO5/c1-17(2)11-18(8-9-23-17)12(10-15(20)24-18)16(21)19-13-6-4-5-7-14(13)22-3/h4-7,12H,8-11H2,1-3H3,(H,19,21)/t12-,18-/m0/s1. The number of carbonyl (C=O) groups excluding carboxylic acids is 2. The van der Waals surface area contributed by atoms with E-state index in [1.165, 1.54) is 0 Å². The number of carbonyl (C=O) groups is 2. The Balaban J connectivity index is 1.83. The molecule has 0 radical (unpaired) electrons. The minimum Gasteiger partial charge on any atom is -0.495 e. The number of hydrogen-bond donors (Lipinski definition) is 1. The number of anilines is 1. The monoisotopic (exact) mass is 333 g/mol. The lowest BCUT2D eigenvalue weighted by Gasteiger charge is -2.43. The maximum absolute atomic E-state index is 12.9. The number of methoxy groups -OCH3 is 1. The summed E-state index contributed by atoms with van der Waals surface area (Å²) in [7, 11) is 1.55. The molecule has 2 aliphatic heterocycles. The minimum absolute atomic E-state index is 0.0943. The number of para-hydroxylation sites is 2. The molecule has 130 valence electrons. The van der Waals surface area contributed by atoms with E-state index in [9.17, 15) is 9.59 Å². The zero-order chi connectivity index (χ0) is 17.4. The molecule has 2 heterocycles. The van der Waals surface area contributed by atoms with Crippen LogP contribution in [0.5, 0.6) is 5.75 Å². The fourth-order valence-corrected chi connectivity index (χ4v) is 3.74. The van der Waals surface area contributed by atoms with Crippen LogP contribution in [0, 0.1) is 5.92 Å². The van der Waals surface area contributed by atoms with E-state index in [0.717, 1.165) is 0 Å². The highest BCUT2D eigenvalue weighted by molar-refractivity contribution is 5.98. The van der Waals surface area contributed by atoms with Crippen LogP contribution >= 0.6 is 0 Å². The molecule has 0 unspecified atom stereocenters. The van der Waals surface area contributed by atoms with Crippen molar-refractivity contribution in [3.8, 4) is 5.75 Å². The van der Waals surface area contributed by atoms with Crippen LogP contribution in [-0.4, -0.2) is 36.8 Å². The van der Waals surface area contributed by atoms with E-state index < -0.39 is 17.1 Å². The van der Waals surface area contributed by atoms with E-state index in [0.29, 0.717) is 30.9 Å². The van der Waals surface area contributed by atoms with Crippen molar-refractivity contribution in [3.63, 3.8) is 0 Å². The molecule has 2 fully saturated rings. The largest absolute Gasteiger partial charge is 0.495 e. The molecule has 6 nitrogen and oxygen atoms in total. The zero-order valence-electron chi connectivity index (χ0n) is 14.3. The van der Waals surface area contributed by atoms with Crippen molar-refractivity contribution in [2.24, 2.45) is 5.92 Å². The predicted octanol–water partition coefficient (Wildman–Crippen LogP) is 2.52. The highest BCUT2D eigenvalue weighted by Gasteiger charge is 2.56. The van der Waals surface area contributed by atoms with Gasteiger partial charge in [0.15, 0.2) is 0 Å². The van der Waals surface area contributed by atoms with Gasteiger partial charge in [0, 0.05) is 12.8 Å². The Bertz CT molecular complexity index is 657. The molecule has 0 aliphatic carbocycles. The summed E-state index contributed by atoms with van der Waals surface area (Å²) >= 11 is 0. The molecule has 3 rings (SSSR count). The van der Waals surface area contributed by atoms with Gasteiger partial charge in [-0.1, -0.05) is 12.1 Å². The number of hydrogen-bond acceptors (Lipinski definition) is 5. The lowest BCUT2D eigenvalue weighted by molar-refractivity contribution is -0.178. The van der Waals surface area contributed by atoms with Crippen LogP contribution in [0.15, 0.2) is 24.3 Å². The molecule has 1 aromatic carbocycles. The van der Waals surface area contributed by atoms with Gasteiger partial charge >= 0.3 is 5.97 Å². The van der Waals surface area contributed by atoms with Gasteiger partial charge in [-0.25, -0.2) is 0 Å². The van der Waals surface area contributed by atoms with Gasteiger partial charge in [-0.2, -0.15) is 0 Å². The number of amides is 1. The second kappa shape index (κ2) is 6.09. The summed E-state index contributed by atoms with van der Waals surface area (Å²) in [5.41, 5.74) is -0.623. The van der Waals surface area contributed by atoms with Crippen molar-refractivity contribution in [1.29, 1.82) is 0 Å². The molecule has 1 amide bonds. The first kappa shape index (κ1) is 16.8. The molecule has 24 heavy (non-hydrogen) atoms. The van der Waals surface area contributed by atoms with Crippen LogP contribution in [0.2, 0.25) is 0 Å². The summed E-state index contributed by atoms with van der Waals surface area (Å²) in [6.07, 6.45) is 1.14. The number of benzene rings is 1. The van der Waals surface area contributed by atoms with Crippen molar-refractivity contribution in [3.05, 3.63) is 24.3 Å². The van der Waals surface area contributed by atoms with E-state index in [-0.39, 0.29) is 18.3 Å². The average molecular weight is 333 g/mol. The number of nitrogens with one attached hydrogen (secondary N) is 1. The highest BCUT2D eigenvalue weighted by Crippen LogP contribution is 2.46. The molecule has 1 aromatic rings. The quantitative estimate of drug-likeness (QED) is 0.861. The van der Waals surface area contributed by atoms with Gasteiger partial charge in [0.1, 0.15) is 11.4 Å². The lowest BCUT2D eigenvalue weighted by Crippen LogP contribution is -2.52. The maximum atomic E-state index is 12.9. The molecule has 0 bridgehead atoms. The Morgan fingerprint density at radius 3 is 2.79 bits per heavy atom. The van der Waals surface area contributed by atoms with E-state index >= 15 is 0 Å². The Morgan fingerprint density at radius 1 is 1.33 bits per heavy atom. The third-order valence-electron chi connectivity index (χ3n) is 4.75. The summed E-state index contributed by atoms with van der Waals surface area (Å²) in [5.74, 6) is -0.494. The Kier molecular flexibility index (Phi) is 4.25. The maximum Gasteiger partial charge on any atom is 0.307 e. The van der Waals surface area contributed by atoms with Gasteiger partial charge in [0.2, 0.25) is 5.91 Å². The third-order valence-corrected chi connectivity index (χ3v) is 4.75. The van der Waals surface area contributed by atoms with E-state index in [1.807, 2.05) is 26.0 Å². The summed E-state index contributed by atoms with van der Waals surface area (Å²) in [4.78, 5) is 24.8. The van der Waals surface area contributed by atoms with Crippen molar-refractivity contribution in [2.75, 3.05) is 19.0 Å². The van der Waals surface area contributed by atoms with E-state index in [2.05, 4.69) is 5.32 Å². The first-order chi connectivity index (χ1) is 11.4. The van der Waals surface area contributed by atoms with Crippen LogP contribution in [0.3, 0.4) is 0 Å². The van der Waals surface area contributed by atoms with Crippen LogP contribution in [0.4, 0.5) is 5.69 Å². The first-order valence-corrected chi connectivity index (χ1v) is 8.15. The Hall–Kier alpha value is -2.08. The molecule has 1 N–H and O–H groups in total. The molecule has 2 aliphatic rings. The second-order valence-electron chi connectivity index (χ2n) is 7.02. The summed E-state index contributed by atoms with van der Waals surface area (Å²) in [5, 5.41) is 2.89. The summed E-state index contributed by atoms with van der Waals surface area (Å²) in [6, 6.07) is 7.20. The zero-order valence-corrected chi connectivity index (χ0v) is 14.3. The van der Waals surface area contributed by atoms with Crippen LogP contribution in [0.25, 0.3) is 0 Å². The van der Waals surface area contributed by atoms with Crippen LogP contribution in [-0.2, 0) is 19.1 Å². The minimum atomic E-state index is -0.787. The lowest BCUT2D eigenvalue weighted by atomic mass is 9.75. The van der Waals surface area contributed by atoms with Gasteiger partial charge in [-0.05, 0) is 26.0 Å². The second-order valence-corrected chi connectivity index (χ2v) is 7.02. The van der Waals surface area contributed by atoms with Gasteiger partial charge in [0.25, 0.3) is 0 Å². The molecule has 0 aromatic heterocycles. The third kappa shape index (κ3) is 3.11. The first-order valence-electron chi connectivity index (χ1n) is 8.15. The molecule has 0 saturated carbocycles. The SMILES string of the molecule is COc1ccccc1NC(=O)[C@@H]1CC(=O)O[C@]12CCOC(C)(C)C2. The van der Waals surface area contributed by atoms with E-state index in [1.54, 1.807) is 19.2 Å². The molecular formula is C18H23NO5. The average Bonchev–Trinajstić information content (AvgIpc) is 2.82. The molecular weight excluding hydrogens is 310 g/mol. The van der Waals surface area contributed by atoms with Gasteiger partial charge < -0.3 is 19.5 Å². The van der Waals surface area contributed by atoms with Gasteiger partial charge in [-0.3, -0.25) is 9.59 Å². The number of ether oxygens (including phenoxy) is 3. The normalized spacial score (nSPS) is 28.5. The molecule has 6 heteroatoms. The summed E-state index contributed by atoms with van der Waals surface area (Å²) < 4.78 is 16.6. The number of esters is 1. The van der Waals surface area contributed by atoms with Gasteiger partial charge in [0.05, 0.1) is 37.3 Å². The smallest absolute Gasteiger partial charge is 0.307 e. The van der Waals surface area contributed by atoms with Crippen LogP contribution in [0.1, 0.15) is 33.1 Å². The van der Waals surface area contributed by atoms with Crippen molar-refractivity contribution >= 4 is 17.6 Å². The summed E-state index contributed by atoms with van der Waals surface area (Å²) in [6.45, 7) is 4.38. The molecule has 2 saturated heterocycles. The Morgan fingerprint density at radius 2 is 2.08 bits per heavy atom. The molecule has 2 atom stereocenters. The highest BCUT2D eigenvalue weighted by atomic mass is 16.6. The van der Waals surface area contributed by atoms with Gasteiger partial charge in [-0.15, -0.1) is 0 Å². The van der Waals surface area contributed by atoms with Crippen molar-refractivity contribution in [1.82, 2.24) is 0 Å². The Labute approximate surface area is 141 Å². The van der Waals surface area contributed by atoms with E-state index in [4.69, 9.17) is 14.2 Å². The van der Waals surface area contributed by atoms with Crippen molar-refractivity contribution < 1.29 is 23.8 Å². The number of rotatable bonds is 3. The van der Waals surface area contributed by atoms with Crippen LogP contribution < -0.4 is 10.1 Å². The molecule has 1 spiro atoms.